The number of hydrogen-bond donors (Lipinski definition) is 1. The van der Waals surface area contributed by atoms with Crippen LogP contribution in [0.25, 0.3) is 0 Å². The van der Waals surface area contributed by atoms with Gasteiger partial charge in [-0.1, -0.05) is 0 Å². The summed E-state index contributed by atoms with van der Waals surface area (Å²) in [5.74, 6) is -2.08. The number of rotatable bonds is 1. The van der Waals surface area contributed by atoms with Crippen LogP contribution in [0.2, 0.25) is 0 Å². The minimum atomic E-state index is -0.939. The molecule has 1 unspecified atom stereocenters. The van der Waals surface area contributed by atoms with Gasteiger partial charge in [-0.3, -0.25) is 4.79 Å². The molecule has 14 heavy (non-hydrogen) atoms. The number of anilines is 1. The van der Waals surface area contributed by atoms with Gasteiger partial charge in [0.1, 0.15) is 5.25 Å². The molecule has 1 aliphatic heterocycles. The fraction of sp³-hybridized carbons (Fsp3) is 0.222. The van der Waals surface area contributed by atoms with Crippen molar-refractivity contribution in [1.29, 1.82) is 0 Å². The average Bonchev–Trinajstić information content (AvgIpc) is 2.42. The second kappa shape index (κ2) is 3.24. The SMILES string of the molecule is CSC1C(=O)Nc2cc(F)c(F)cc21. The highest BCUT2D eigenvalue weighted by atomic mass is 32.2. The van der Waals surface area contributed by atoms with E-state index < -0.39 is 16.9 Å². The maximum atomic E-state index is 12.9. The molecule has 1 heterocycles. The summed E-state index contributed by atoms with van der Waals surface area (Å²) >= 11 is 1.30. The lowest BCUT2D eigenvalue weighted by atomic mass is 10.1. The van der Waals surface area contributed by atoms with Crippen molar-refractivity contribution in [3.8, 4) is 0 Å². The van der Waals surface area contributed by atoms with E-state index in [2.05, 4.69) is 5.32 Å². The molecule has 2 nitrogen and oxygen atoms in total. The molecular weight excluding hydrogens is 208 g/mol. The van der Waals surface area contributed by atoms with Crippen LogP contribution in [-0.4, -0.2) is 12.2 Å². The molecular formula is C9H7F2NOS. The number of nitrogens with one attached hydrogen (secondary N) is 1. The van der Waals surface area contributed by atoms with Gasteiger partial charge in [-0.2, -0.15) is 0 Å². The van der Waals surface area contributed by atoms with Gasteiger partial charge in [0.15, 0.2) is 11.6 Å². The zero-order valence-corrected chi connectivity index (χ0v) is 8.12. The standard InChI is InChI=1S/C9H7F2NOS/c1-14-8-4-2-5(10)6(11)3-7(4)12-9(8)13/h2-3,8H,1H3,(H,12,13). The number of fused-ring (bicyclic) bond motifs is 1. The van der Waals surface area contributed by atoms with Gasteiger partial charge in [-0.05, 0) is 12.3 Å². The van der Waals surface area contributed by atoms with Gasteiger partial charge in [0.25, 0.3) is 0 Å². The Morgan fingerprint density at radius 3 is 2.64 bits per heavy atom. The topological polar surface area (TPSA) is 29.1 Å². The number of benzene rings is 1. The quantitative estimate of drug-likeness (QED) is 0.778. The van der Waals surface area contributed by atoms with Crippen LogP contribution < -0.4 is 5.32 Å². The maximum absolute atomic E-state index is 12.9. The Morgan fingerprint density at radius 2 is 2.00 bits per heavy atom. The van der Waals surface area contributed by atoms with Crippen molar-refractivity contribution in [3.63, 3.8) is 0 Å². The second-order valence-electron chi connectivity index (χ2n) is 2.96. The third-order valence-corrected chi connectivity index (χ3v) is 3.05. The monoisotopic (exact) mass is 215 g/mol. The Morgan fingerprint density at radius 1 is 1.36 bits per heavy atom. The summed E-state index contributed by atoms with van der Waals surface area (Å²) in [7, 11) is 0. The predicted octanol–water partition coefficient (Wildman–Crippen LogP) is 2.32. The van der Waals surface area contributed by atoms with Gasteiger partial charge in [-0.15, -0.1) is 11.8 Å². The molecule has 0 bridgehead atoms. The zero-order chi connectivity index (χ0) is 10.3. The van der Waals surface area contributed by atoms with E-state index in [1.807, 2.05) is 0 Å². The lowest BCUT2D eigenvalue weighted by Crippen LogP contribution is -2.08. The first-order valence-electron chi connectivity index (χ1n) is 3.96. The first-order chi connectivity index (χ1) is 6.63. The summed E-state index contributed by atoms with van der Waals surface area (Å²) in [6.45, 7) is 0. The average molecular weight is 215 g/mol. The van der Waals surface area contributed by atoms with Crippen LogP contribution in [0.3, 0.4) is 0 Å². The van der Waals surface area contributed by atoms with E-state index in [0.717, 1.165) is 12.1 Å². The van der Waals surface area contributed by atoms with Crippen LogP contribution in [0.15, 0.2) is 12.1 Å². The van der Waals surface area contributed by atoms with Gasteiger partial charge in [-0.25, -0.2) is 8.78 Å². The molecule has 0 spiro atoms. The summed E-state index contributed by atoms with van der Waals surface area (Å²) in [6.07, 6.45) is 1.75. The van der Waals surface area contributed by atoms with Crippen LogP contribution in [0, 0.1) is 11.6 Å². The van der Waals surface area contributed by atoms with E-state index in [9.17, 15) is 13.6 Å². The van der Waals surface area contributed by atoms with Crippen molar-refractivity contribution < 1.29 is 13.6 Å². The predicted molar refractivity (Wildman–Crippen MR) is 51.2 cm³/mol. The Kier molecular flexibility index (Phi) is 2.19. The van der Waals surface area contributed by atoms with Crippen LogP contribution >= 0.6 is 11.8 Å². The Balaban J connectivity index is 2.54. The minimum absolute atomic E-state index is 0.225. The van der Waals surface area contributed by atoms with Crippen molar-refractivity contribution in [2.75, 3.05) is 11.6 Å². The highest BCUT2D eigenvalue weighted by Crippen LogP contribution is 2.39. The highest BCUT2D eigenvalue weighted by molar-refractivity contribution is 7.99. The number of thioether (sulfide) groups is 1. The molecule has 2 rings (SSSR count). The van der Waals surface area contributed by atoms with Crippen molar-refractivity contribution in [2.45, 2.75) is 5.25 Å². The summed E-state index contributed by atoms with van der Waals surface area (Å²) < 4.78 is 25.7. The van der Waals surface area contributed by atoms with E-state index >= 15 is 0 Å². The minimum Gasteiger partial charge on any atom is -0.324 e. The first kappa shape index (κ1) is 9.45. The van der Waals surface area contributed by atoms with Gasteiger partial charge < -0.3 is 5.32 Å². The Hall–Kier alpha value is -1.10. The van der Waals surface area contributed by atoms with Gasteiger partial charge in [0, 0.05) is 17.3 Å². The molecule has 0 saturated heterocycles. The summed E-state index contributed by atoms with van der Waals surface area (Å²) in [4.78, 5) is 11.3. The van der Waals surface area contributed by atoms with Crippen LogP contribution in [0.5, 0.6) is 0 Å². The number of carbonyl (C=O) groups is 1. The van der Waals surface area contributed by atoms with Crippen LogP contribution in [0.4, 0.5) is 14.5 Å². The third-order valence-electron chi connectivity index (χ3n) is 2.11. The molecule has 74 valence electrons. The van der Waals surface area contributed by atoms with Gasteiger partial charge in [0.05, 0.1) is 0 Å². The highest BCUT2D eigenvalue weighted by Gasteiger charge is 2.31. The van der Waals surface area contributed by atoms with Gasteiger partial charge in [0.2, 0.25) is 5.91 Å². The third kappa shape index (κ3) is 1.28. The molecule has 5 heteroatoms. The second-order valence-corrected chi connectivity index (χ2v) is 3.90. The molecule has 0 radical (unpaired) electrons. The zero-order valence-electron chi connectivity index (χ0n) is 7.30. The van der Waals surface area contributed by atoms with E-state index in [0.29, 0.717) is 11.3 Å². The van der Waals surface area contributed by atoms with Crippen molar-refractivity contribution >= 4 is 23.4 Å². The molecule has 1 aliphatic rings. The fourth-order valence-corrected chi connectivity index (χ4v) is 2.18. The summed E-state index contributed by atoms with van der Waals surface area (Å²) in [5, 5.41) is 2.07. The van der Waals surface area contributed by atoms with Crippen molar-refractivity contribution in [3.05, 3.63) is 29.3 Å². The van der Waals surface area contributed by atoms with Crippen molar-refractivity contribution in [2.24, 2.45) is 0 Å². The summed E-state index contributed by atoms with van der Waals surface area (Å²) in [6, 6.07) is 2.09. The Labute approximate surface area is 83.7 Å². The van der Waals surface area contributed by atoms with Crippen LogP contribution in [0.1, 0.15) is 10.8 Å². The fourth-order valence-electron chi connectivity index (χ4n) is 1.46. The molecule has 1 amide bonds. The van der Waals surface area contributed by atoms with Crippen molar-refractivity contribution in [1.82, 2.24) is 0 Å². The molecule has 0 aromatic heterocycles. The van der Waals surface area contributed by atoms with Crippen LogP contribution in [-0.2, 0) is 4.79 Å². The maximum Gasteiger partial charge on any atom is 0.242 e. The van der Waals surface area contributed by atoms with E-state index in [4.69, 9.17) is 0 Å². The largest absolute Gasteiger partial charge is 0.324 e. The van der Waals surface area contributed by atoms with E-state index in [1.165, 1.54) is 11.8 Å². The lowest BCUT2D eigenvalue weighted by Gasteiger charge is -2.03. The normalized spacial score (nSPS) is 19.4. The molecule has 1 atom stereocenters. The van der Waals surface area contributed by atoms with E-state index in [1.54, 1.807) is 6.26 Å². The number of amides is 1. The molecule has 1 N–H and O–H groups in total. The molecule has 0 fully saturated rings. The molecule has 1 aromatic carbocycles. The first-order valence-corrected chi connectivity index (χ1v) is 5.25. The molecule has 0 saturated carbocycles. The van der Waals surface area contributed by atoms with E-state index in [-0.39, 0.29) is 5.91 Å². The number of hydrogen-bond acceptors (Lipinski definition) is 2. The number of halogens is 2. The molecule has 1 aromatic rings. The number of carbonyl (C=O) groups excluding carboxylic acids is 1. The lowest BCUT2D eigenvalue weighted by molar-refractivity contribution is -0.115. The summed E-state index contributed by atoms with van der Waals surface area (Å²) in [5.41, 5.74) is 0.884. The molecule has 0 aliphatic carbocycles. The van der Waals surface area contributed by atoms with Gasteiger partial charge >= 0.3 is 0 Å². The Bertz CT molecular complexity index is 408. The smallest absolute Gasteiger partial charge is 0.242 e.